The molecule has 1 aromatic carbocycles. The number of nitrogens with zero attached hydrogens (tertiary/aromatic N) is 2. The van der Waals surface area contributed by atoms with Crippen LogP contribution in [0.4, 0.5) is 0 Å². The molecule has 0 amide bonds. The molecule has 116 valence electrons. The second-order valence-corrected chi connectivity index (χ2v) is 6.41. The Kier molecular flexibility index (Phi) is 3.51. The molecule has 2 heterocycles. The Bertz CT molecular complexity index is 713. The molecule has 4 rings (SSSR count). The van der Waals surface area contributed by atoms with Gasteiger partial charge in [0.25, 0.3) is 0 Å². The third-order valence-electron chi connectivity index (χ3n) is 5.16. The summed E-state index contributed by atoms with van der Waals surface area (Å²) in [6.45, 7) is 4.37. The summed E-state index contributed by atoms with van der Waals surface area (Å²) in [6, 6.07) is 8.27. The fourth-order valence-electron chi connectivity index (χ4n) is 3.93. The standard InChI is InChI=1S/C18H22N2O2/c1-19-15-5-3-2-4-14(15)17-16(19)7-6-13(18(17)21)12-20-8-10-22-11-9-20/h2-5,13H,6-12H2,1H3. The number of hydrogen-bond donors (Lipinski definition) is 0. The highest BCUT2D eigenvalue weighted by atomic mass is 16.5. The predicted molar refractivity (Wildman–Crippen MR) is 86.3 cm³/mol. The molecule has 1 atom stereocenters. The molecule has 4 nitrogen and oxygen atoms in total. The lowest BCUT2D eigenvalue weighted by Gasteiger charge is -2.31. The first kappa shape index (κ1) is 14.0. The number of benzene rings is 1. The minimum atomic E-state index is 0.136. The van der Waals surface area contributed by atoms with E-state index in [1.807, 2.05) is 12.1 Å². The van der Waals surface area contributed by atoms with Gasteiger partial charge >= 0.3 is 0 Å². The summed E-state index contributed by atoms with van der Waals surface area (Å²) in [7, 11) is 2.08. The number of morpholine rings is 1. The van der Waals surface area contributed by atoms with Crippen molar-refractivity contribution in [2.24, 2.45) is 13.0 Å². The number of carbonyl (C=O) groups is 1. The van der Waals surface area contributed by atoms with E-state index in [-0.39, 0.29) is 5.92 Å². The lowest BCUT2D eigenvalue weighted by Crippen LogP contribution is -2.42. The van der Waals surface area contributed by atoms with Gasteiger partial charge in [-0.1, -0.05) is 18.2 Å². The Morgan fingerprint density at radius 1 is 1.23 bits per heavy atom. The first-order chi connectivity index (χ1) is 10.8. The second kappa shape index (κ2) is 5.52. The van der Waals surface area contributed by atoms with Crippen LogP contribution in [0.1, 0.15) is 22.5 Å². The van der Waals surface area contributed by atoms with Gasteiger partial charge in [-0.25, -0.2) is 0 Å². The summed E-state index contributed by atoms with van der Waals surface area (Å²) in [5.41, 5.74) is 3.36. The minimum absolute atomic E-state index is 0.136. The molecule has 0 spiro atoms. The summed E-state index contributed by atoms with van der Waals surface area (Å²) in [6.07, 6.45) is 1.97. The van der Waals surface area contributed by atoms with Gasteiger partial charge in [-0.3, -0.25) is 9.69 Å². The van der Waals surface area contributed by atoms with Gasteiger partial charge in [-0.15, -0.1) is 0 Å². The van der Waals surface area contributed by atoms with Crippen molar-refractivity contribution in [3.63, 3.8) is 0 Å². The molecule has 0 saturated carbocycles. The van der Waals surface area contributed by atoms with Crippen LogP contribution in [0.5, 0.6) is 0 Å². The van der Waals surface area contributed by atoms with Crippen LogP contribution in [0.2, 0.25) is 0 Å². The van der Waals surface area contributed by atoms with Crippen LogP contribution in [0.25, 0.3) is 10.9 Å². The molecular formula is C18H22N2O2. The van der Waals surface area contributed by atoms with E-state index in [0.29, 0.717) is 5.78 Å². The predicted octanol–water partition coefficient (Wildman–Crippen LogP) is 2.26. The number of ether oxygens (including phenoxy) is 1. The van der Waals surface area contributed by atoms with Gasteiger partial charge in [0.1, 0.15) is 0 Å². The van der Waals surface area contributed by atoms with E-state index in [9.17, 15) is 4.79 Å². The van der Waals surface area contributed by atoms with E-state index in [1.165, 1.54) is 11.2 Å². The summed E-state index contributed by atoms with van der Waals surface area (Å²) in [5.74, 6) is 0.473. The number of carbonyl (C=O) groups excluding carboxylic acids is 1. The summed E-state index contributed by atoms with van der Waals surface area (Å²) < 4.78 is 7.60. The van der Waals surface area contributed by atoms with Gasteiger partial charge in [-0.2, -0.15) is 0 Å². The lowest BCUT2D eigenvalue weighted by molar-refractivity contribution is 0.0291. The Morgan fingerprint density at radius 3 is 2.82 bits per heavy atom. The highest BCUT2D eigenvalue weighted by Gasteiger charge is 2.33. The van der Waals surface area contributed by atoms with Gasteiger partial charge in [0.2, 0.25) is 0 Å². The van der Waals surface area contributed by atoms with Crippen molar-refractivity contribution in [1.29, 1.82) is 0 Å². The Morgan fingerprint density at radius 2 is 2.00 bits per heavy atom. The van der Waals surface area contributed by atoms with Crippen LogP contribution < -0.4 is 0 Å². The quantitative estimate of drug-likeness (QED) is 0.853. The molecule has 0 N–H and O–H groups in total. The van der Waals surface area contributed by atoms with E-state index < -0.39 is 0 Å². The van der Waals surface area contributed by atoms with Crippen LogP contribution in [-0.4, -0.2) is 48.1 Å². The molecule has 1 unspecified atom stereocenters. The van der Waals surface area contributed by atoms with Crippen molar-refractivity contribution in [2.75, 3.05) is 32.8 Å². The smallest absolute Gasteiger partial charge is 0.169 e. The molecule has 1 aliphatic heterocycles. The van der Waals surface area contributed by atoms with Crippen molar-refractivity contribution in [2.45, 2.75) is 12.8 Å². The van der Waals surface area contributed by atoms with Crippen LogP contribution in [-0.2, 0) is 18.2 Å². The fraction of sp³-hybridized carbons (Fsp3) is 0.500. The largest absolute Gasteiger partial charge is 0.379 e. The van der Waals surface area contributed by atoms with E-state index in [2.05, 4.69) is 28.6 Å². The zero-order valence-corrected chi connectivity index (χ0v) is 13.0. The van der Waals surface area contributed by atoms with Gasteiger partial charge in [0.15, 0.2) is 5.78 Å². The monoisotopic (exact) mass is 298 g/mol. The van der Waals surface area contributed by atoms with Gasteiger partial charge in [0.05, 0.1) is 13.2 Å². The van der Waals surface area contributed by atoms with Crippen molar-refractivity contribution >= 4 is 16.7 Å². The number of para-hydroxylation sites is 1. The Hall–Kier alpha value is -1.65. The maximum absolute atomic E-state index is 13.0. The molecule has 0 bridgehead atoms. The third kappa shape index (κ3) is 2.18. The topological polar surface area (TPSA) is 34.5 Å². The first-order valence-electron chi connectivity index (χ1n) is 8.16. The molecule has 2 aromatic rings. The van der Waals surface area contributed by atoms with Crippen LogP contribution >= 0.6 is 0 Å². The molecule has 2 aliphatic rings. The minimum Gasteiger partial charge on any atom is -0.379 e. The summed E-state index contributed by atoms with van der Waals surface area (Å²) in [5, 5.41) is 1.12. The normalized spacial score (nSPS) is 23.0. The number of aromatic nitrogens is 1. The Labute approximate surface area is 130 Å². The first-order valence-corrected chi connectivity index (χ1v) is 8.16. The molecule has 1 fully saturated rings. The van der Waals surface area contributed by atoms with Gasteiger partial charge < -0.3 is 9.30 Å². The van der Waals surface area contributed by atoms with E-state index in [0.717, 1.165) is 56.6 Å². The molecular weight excluding hydrogens is 276 g/mol. The lowest BCUT2D eigenvalue weighted by atomic mass is 9.84. The van der Waals surface area contributed by atoms with Crippen molar-refractivity contribution in [1.82, 2.24) is 9.47 Å². The average Bonchev–Trinajstić information content (AvgIpc) is 2.85. The maximum atomic E-state index is 13.0. The zero-order valence-electron chi connectivity index (χ0n) is 13.0. The number of aryl methyl sites for hydroxylation is 1. The molecule has 0 radical (unpaired) electrons. The number of rotatable bonds is 2. The Balaban J connectivity index is 1.66. The van der Waals surface area contributed by atoms with Crippen molar-refractivity contribution in [3.05, 3.63) is 35.5 Å². The average molecular weight is 298 g/mol. The van der Waals surface area contributed by atoms with E-state index in [4.69, 9.17) is 4.74 Å². The van der Waals surface area contributed by atoms with Crippen LogP contribution in [0, 0.1) is 5.92 Å². The number of fused-ring (bicyclic) bond motifs is 3. The maximum Gasteiger partial charge on any atom is 0.169 e. The highest BCUT2D eigenvalue weighted by Crippen LogP contribution is 2.34. The van der Waals surface area contributed by atoms with Gasteiger partial charge in [-0.05, 0) is 18.9 Å². The molecule has 1 aliphatic carbocycles. The molecule has 1 aromatic heterocycles. The summed E-state index contributed by atoms with van der Waals surface area (Å²) in [4.78, 5) is 15.4. The zero-order chi connectivity index (χ0) is 15.1. The number of hydrogen-bond acceptors (Lipinski definition) is 3. The molecule has 1 saturated heterocycles. The third-order valence-corrected chi connectivity index (χ3v) is 5.16. The summed E-state index contributed by atoms with van der Waals surface area (Å²) >= 11 is 0. The van der Waals surface area contributed by atoms with Crippen LogP contribution in [0.3, 0.4) is 0 Å². The van der Waals surface area contributed by atoms with Crippen LogP contribution in [0.15, 0.2) is 24.3 Å². The van der Waals surface area contributed by atoms with Crippen molar-refractivity contribution < 1.29 is 9.53 Å². The van der Waals surface area contributed by atoms with E-state index >= 15 is 0 Å². The SMILES string of the molecule is Cn1c2c(c3ccccc31)C(=O)C(CN1CCOCC1)CC2. The number of Topliss-reactive ketones (excluding diaryl/α,β-unsaturated/α-hetero) is 1. The van der Waals surface area contributed by atoms with Gasteiger partial charge in [0, 0.05) is 54.8 Å². The van der Waals surface area contributed by atoms with Crippen molar-refractivity contribution in [3.8, 4) is 0 Å². The second-order valence-electron chi connectivity index (χ2n) is 6.41. The van der Waals surface area contributed by atoms with E-state index in [1.54, 1.807) is 0 Å². The fourth-order valence-corrected chi connectivity index (χ4v) is 3.93. The highest BCUT2D eigenvalue weighted by molar-refractivity contribution is 6.11. The number of ketones is 1. The molecule has 4 heteroatoms. The molecule has 22 heavy (non-hydrogen) atoms.